The van der Waals surface area contributed by atoms with Gasteiger partial charge in [-0.3, -0.25) is 0 Å². The standard InChI is InChI=1S/C25H26F2N4O4.Na/c1-14-10-16(26)4-7-20(14)24(21-8-5-17(27)11-15(21)2)22(25-28-29-30-31(25)3)9-6-18(32)12-19(33)13-23(34)35;/h4-11,18-19,32-33H,12-13H2,1-3H3,(H,34,35);/q;+1/p-1. The Morgan fingerprint density at radius 3 is 2.08 bits per heavy atom. The molecular formula is C25H25F2N4NaO4. The van der Waals surface area contributed by atoms with Crippen molar-refractivity contribution in [1.82, 2.24) is 20.2 Å². The normalized spacial score (nSPS) is 12.8. The summed E-state index contributed by atoms with van der Waals surface area (Å²) in [6, 6.07) is 8.55. The third kappa shape index (κ3) is 7.37. The van der Waals surface area contributed by atoms with Gasteiger partial charge in [0.05, 0.1) is 12.2 Å². The Hall–Kier alpha value is -2.76. The van der Waals surface area contributed by atoms with Crippen LogP contribution >= 0.6 is 0 Å². The van der Waals surface area contributed by atoms with Crippen molar-refractivity contribution in [3.05, 3.63) is 88.3 Å². The van der Waals surface area contributed by atoms with Crippen LogP contribution < -0.4 is 34.7 Å². The molecular weight excluding hydrogens is 481 g/mol. The van der Waals surface area contributed by atoms with Gasteiger partial charge in [0.2, 0.25) is 0 Å². The van der Waals surface area contributed by atoms with Gasteiger partial charge in [-0.1, -0.05) is 24.3 Å². The summed E-state index contributed by atoms with van der Waals surface area (Å²) in [5, 5.41) is 42.6. The van der Waals surface area contributed by atoms with Crippen LogP contribution in [-0.4, -0.2) is 48.6 Å². The Bertz CT molecular complexity index is 1240. The maximum Gasteiger partial charge on any atom is 1.00 e. The molecule has 36 heavy (non-hydrogen) atoms. The third-order valence-corrected chi connectivity index (χ3v) is 5.45. The summed E-state index contributed by atoms with van der Waals surface area (Å²) in [4.78, 5) is 10.7. The number of carboxylic acid groups (broad SMARTS) is 1. The second-order valence-electron chi connectivity index (χ2n) is 8.23. The molecule has 0 amide bonds. The summed E-state index contributed by atoms with van der Waals surface area (Å²) >= 11 is 0. The number of aryl methyl sites for hydroxylation is 3. The second kappa shape index (κ2) is 13.0. The molecule has 8 nitrogen and oxygen atoms in total. The first-order valence-electron chi connectivity index (χ1n) is 10.8. The molecule has 2 atom stereocenters. The van der Waals surface area contributed by atoms with E-state index in [1.165, 1.54) is 35.0 Å². The summed E-state index contributed by atoms with van der Waals surface area (Å²) in [5.41, 5.74) is 3.49. The smallest absolute Gasteiger partial charge is 0.550 e. The van der Waals surface area contributed by atoms with E-state index in [1.807, 2.05) is 0 Å². The Morgan fingerprint density at radius 1 is 1.08 bits per heavy atom. The number of carbonyl (C=O) groups excluding carboxylic acids is 1. The molecule has 3 rings (SSSR count). The molecule has 1 heterocycles. The molecule has 2 N–H and O–H groups in total. The number of halogens is 2. The number of aliphatic hydroxyl groups excluding tert-OH is 2. The molecule has 0 saturated carbocycles. The average molecular weight is 506 g/mol. The predicted octanol–water partition coefficient (Wildman–Crippen LogP) is -1.12. The van der Waals surface area contributed by atoms with Gasteiger partial charge < -0.3 is 20.1 Å². The molecule has 2 aromatic carbocycles. The molecule has 11 heteroatoms. The number of aliphatic carboxylic acids is 1. The van der Waals surface area contributed by atoms with Crippen LogP contribution in [0.4, 0.5) is 8.78 Å². The van der Waals surface area contributed by atoms with Crippen LogP contribution in [-0.2, 0) is 11.8 Å². The molecule has 0 radical (unpaired) electrons. The van der Waals surface area contributed by atoms with Gasteiger partial charge in [-0.05, 0) is 70.8 Å². The summed E-state index contributed by atoms with van der Waals surface area (Å²) < 4.78 is 29.3. The molecule has 1 aromatic heterocycles. The van der Waals surface area contributed by atoms with E-state index in [4.69, 9.17) is 0 Å². The van der Waals surface area contributed by atoms with Gasteiger partial charge in [0, 0.05) is 37.0 Å². The van der Waals surface area contributed by atoms with Gasteiger partial charge in [-0.15, -0.1) is 5.10 Å². The summed E-state index contributed by atoms with van der Waals surface area (Å²) in [7, 11) is 1.62. The van der Waals surface area contributed by atoms with Gasteiger partial charge in [0.15, 0.2) is 5.82 Å². The van der Waals surface area contributed by atoms with Crippen LogP contribution in [0.15, 0.2) is 48.6 Å². The zero-order valence-electron chi connectivity index (χ0n) is 20.4. The number of tetrazole rings is 1. The first-order valence-corrected chi connectivity index (χ1v) is 10.8. The number of carboxylic acids is 1. The van der Waals surface area contributed by atoms with E-state index in [2.05, 4.69) is 15.5 Å². The predicted molar refractivity (Wildman–Crippen MR) is 122 cm³/mol. The van der Waals surface area contributed by atoms with Crippen molar-refractivity contribution in [2.24, 2.45) is 7.05 Å². The van der Waals surface area contributed by atoms with Crippen LogP contribution in [0.5, 0.6) is 0 Å². The Balaban J connectivity index is 0.00000456. The second-order valence-corrected chi connectivity index (χ2v) is 8.23. The fraction of sp³-hybridized carbons (Fsp3) is 0.280. The van der Waals surface area contributed by atoms with Gasteiger partial charge in [-0.25, -0.2) is 13.5 Å². The number of rotatable bonds is 9. The zero-order chi connectivity index (χ0) is 25.7. The molecule has 0 aliphatic rings. The van der Waals surface area contributed by atoms with Crippen molar-refractivity contribution in [3.63, 3.8) is 0 Å². The molecule has 0 fully saturated rings. The number of hydrogen-bond donors (Lipinski definition) is 2. The van der Waals surface area contributed by atoms with E-state index in [-0.39, 0.29) is 36.0 Å². The minimum atomic E-state index is -1.43. The minimum Gasteiger partial charge on any atom is -0.550 e. The number of carbonyl (C=O) groups is 1. The number of hydrogen-bond acceptors (Lipinski definition) is 7. The molecule has 0 aliphatic carbocycles. The number of aliphatic hydroxyl groups is 2. The van der Waals surface area contributed by atoms with Crippen LogP contribution in [0.2, 0.25) is 0 Å². The van der Waals surface area contributed by atoms with Crippen molar-refractivity contribution in [2.75, 3.05) is 0 Å². The van der Waals surface area contributed by atoms with E-state index in [0.29, 0.717) is 39.2 Å². The first kappa shape index (κ1) is 29.5. The van der Waals surface area contributed by atoms with Crippen molar-refractivity contribution in [2.45, 2.75) is 38.9 Å². The fourth-order valence-electron chi connectivity index (χ4n) is 3.82. The van der Waals surface area contributed by atoms with E-state index in [1.54, 1.807) is 39.1 Å². The van der Waals surface area contributed by atoms with Gasteiger partial charge >= 0.3 is 29.6 Å². The molecule has 0 bridgehead atoms. The third-order valence-electron chi connectivity index (χ3n) is 5.45. The topological polar surface area (TPSA) is 124 Å². The fourth-order valence-corrected chi connectivity index (χ4v) is 3.82. The van der Waals surface area contributed by atoms with Crippen molar-refractivity contribution in [1.29, 1.82) is 0 Å². The Morgan fingerprint density at radius 2 is 1.64 bits per heavy atom. The van der Waals surface area contributed by atoms with E-state index < -0.39 is 36.2 Å². The van der Waals surface area contributed by atoms with Crippen molar-refractivity contribution >= 4 is 17.1 Å². The molecule has 0 spiro atoms. The van der Waals surface area contributed by atoms with E-state index in [9.17, 15) is 28.9 Å². The van der Waals surface area contributed by atoms with Gasteiger partial charge in [0.1, 0.15) is 11.6 Å². The molecule has 184 valence electrons. The van der Waals surface area contributed by atoms with Crippen molar-refractivity contribution in [3.8, 4) is 0 Å². The summed E-state index contributed by atoms with van der Waals surface area (Å²) in [5.74, 6) is -1.96. The summed E-state index contributed by atoms with van der Waals surface area (Å²) in [6.45, 7) is 3.47. The molecule has 2 unspecified atom stereocenters. The Kier molecular flexibility index (Phi) is 10.6. The number of allylic oxidation sites excluding steroid dienone is 2. The molecule has 0 aliphatic heterocycles. The average Bonchev–Trinajstić information content (AvgIpc) is 3.17. The maximum absolute atomic E-state index is 13.9. The summed E-state index contributed by atoms with van der Waals surface area (Å²) in [6.07, 6.45) is -0.444. The van der Waals surface area contributed by atoms with Crippen molar-refractivity contribution < 1.29 is 58.5 Å². The molecule has 3 aromatic rings. The van der Waals surface area contributed by atoms with Crippen LogP contribution in [0.1, 0.15) is 40.9 Å². The van der Waals surface area contributed by atoms with Crippen LogP contribution in [0.25, 0.3) is 11.1 Å². The SMILES string of the molecule is Cc1cc(F)ccc1C(=C(C=CC(O)CC(O)CC(=O)[O-])c1nnnn1C)c1ccc(F)cc1C.[Na+]. The largest absolute Gasteiger partial charge is 1.00 e. The maximum atomic E-state index is 13.9. The van der Waals surface area contributed by atoms with Gasteiger partial charge in [0.25, 0.3) is 0 Å². The number of nitrogens with zero attached hydrogens (tertiary/aromatic N) is 4. The number of benzene rings is 2. The van der Waals surface area contributed by atoms with Gasteiger partial charge in [-0.2, -0.15) is 0 Å². The zero-order valence-corrected chi connectivity index (χ0v) is 22.4. The number of aromatic nitrogens is 4. The van der Waals surface area contributed by atoms with E-state index in [0.717, 1.165) is 0 Å². The monoisotopic (exact) mass is 506 g/mol. The molecule has 0 saturated heterocycles. The first-order chi connectivity index (χ1) is 16.6. The van der Waals surface area contributed by atoms with Crippen LogP contribution in [0, 0.1) is 25.5 Å². The Labute approximate surface area is 229 Å². The minimum absolute atomic E-state index is 0. The van der Waals surface area contributed by atoms with Crippen LogP contribution in [0.3, 0.4) is 0 Å². The quantitative estimate of drug-likeness (QED) is 0.278. The van der Waals surface area contributed by atoms with E-state index >= 15 is 0 Å².